The molecular formula is C26H32FN3O2. The molecule has 0 aliphatic carbocycles. The number of carbonyl (C=O) groups is 1. The fraction of sp³-hybridized carbons (Fsp3) is 0.385. The molecule has 32 heavy (non-hydrogen) atoms. The Bertz CT molecular complexity index is 997. The maximum atomic E-state index is 13.0. The lowest BCUT2D eigenvalue weighted by molar-refractivity contribution is 0.0945. The van der Waals surface area contributed by atoms with Crippen LogP contribution in [-0.2, 0) is 19.6 Å². The number of benzene rings is 2. The van der Waals surface area contributed by atoms with Crippen molar-refractivity contribution in [1.82, 2.24) is 15.2 Å². The molecule has 0 saturated heterocycles. The van der Waals surface area contributed by atoms with E-state index in [4.69, 9.17) is 4.42 Å². The quantitative estimate of drug-likeness (QED) is 0.444. The summed E-state index contributed by atoms with van der Waals surface area (Å²) in [6.07, 6.45) is 2.39. The third-order valence-corrected chi connectivity index (χ3v) is 5.74. The van der Waals surface area contributed by atoms with Gasteiger partial charge in [0, 0.05) is 19.1 Å². The third kappa shape index (κ3) is 6.50. The molecule has 0 aliphatic rings. The average Bonchev–Trinajstić information content (AvgIpc) is 3.26. The molecule has 6 heteroatoms. The second-order valence-electron chi connectivity index (χ2n) is 8.49. The van der Waals surface area contributed by atoms with Gasteiger partial charge in [0.2, 0.25) is 5.89 Å². The average molecular weight is 438 g/mol. The van der Waals surface area contributed by atoms with E-state index in [2.05, 4.69) is 67.2 Å². The van der Waals surface area contributed by atoms with Crippen LogP contribution in [0.25, 0.3) is 0 Å². The highest BCUT2D eigenvalue weighted by Gasteiger charge is 2.18. The standard InChI is InChI=1S/C26H32FN3O2/c1-5-19(4)30(15-21-6-10-22(11-7-21)18(2)3)16-25-29-24(17-32-25)26(31)28-14-20-8-12-23(27)13-9-20/h6-13,17-19H,5,14-16H2,1-4H3,(H,28,31). The number of oxazole rings is 1. The van der Waals surface area contributed by atoms with Crippen molar-refractivity contribution >= 4 is 5.91 Å². The number of amides is 1. The smallest absolute Gasteiger partial charge is 0.273 e. The fourth-order valence-corrected chi connectivity index (χ4v) is 3.40. The van der Waals surface area contributed by atoms with Gasteiger partial charge in [0.15, 0.2) is 5.69 Å². The van der Waals surface area contributed by atoms with E-state index in [0.717, 1.165) is 18.5 Å². The van der Waals surface area contributed by atoms with Gasteiger partial charge in [-0.3, -0.25) is 9.69 Å². The van der Waals surface area contributed by atoms with E-state index in [1.807, 2.05) is 0 Å². The number of carbonyl (C=O) groups excluding carboxylic acids is 1. The molecule has 0 saturated carbocycles. The maximum absolute atomic E-state index is 13.0. The largest absolute Gasteiger partial charge is 0.447 e. The Hall–Kier alpha value is -2.99. The second-order valence-corrected chi connectivity index (χ2v) is 8.49. The molecule has 3 aromatic rings. The minimum absolute atomic E-state index is 0.243. The Labute approximate surface area is 189 Å². The summed E-state index contributed by atoms with van der Waals surface area (Å²) in [7, 11) is 0. The van der Waals surface area contributed by atoms with E-state index in [1.54, 1.807) is 12.1 Å². The van der Waals surface area contributed by atoms with Crippen molar-refractivity contribution < 1.29 is 13.6 Å². The Morgan fingerprint density at radius 2 is 1.69 bits per heavy atom. The topological polar surface area (TPSA) is 58.4 Å². The molecule has 170 valence electrons. The molecule has 1 atom stereocenters. The molecular weight excluding hydrogens is 405 g/mol. The van der Waals surface area contributed by atoms with Crippen molar-refractivity contribution in [3.8, 4) is 0 Å². The Balaban J connectivity index is 1.61. The molecule has 1 aromatic heterocycles. The number of aromatic nitrogens is 1. The molecule has 0 spiro atoms. The summed E-state index contributed by atoms with van der Waals surface area (Å²) < 4.78 is 18.6. The van der Waals surface area contributed by atoms with Crippen molar-refractivity contribution in [3.05, 3.63) is 88.9 Å². The predicted octanol–water partition coefficient (Wildman–Crippen LogP) is 5.67. The summed E-state index contributed by atoms with van der Waals surface area (Å²) in [6.45, 7) is 10.3. The molecule has 2 aromatic carbocycles. The lowest BCUT2D eigenvalue weighted by Gasteiger charge is -2.27. The maximum Gasteiger partial charge on any atom is 0.273 e. The minimum Gasteiger partial charge on any atom is -0.447 e. The summed E-state index contributed by atoms with van der Waals surface area (Å²) in [5.41, 5.74) is 3.62. The van der Waals surface area contributed by atoms with Gasteiger partial charge >= 0.3 is 0 Å². The van der Waals surface area contributed by atoms with Crippen LogP contribution in [0.3, 0.4) is 0 Å². The van der Waals surface area contributed by atoms with Crippen LogP contribution in [0.1, 0.15) is 73.1 Å². The predicted molar refractivity (Wildman–Crippen MR) is 124 cm³/mol. The van der Waals surface area contributed by atoms with Crippen molar-refractivity contribution in [3.63, 3.8) is 0 Å². The third-order valence-electron chi connectivity index (χ3n) is 5.74. The minimum atomic E-state index is -0.316. The van der Waals surface area contributed by atoms with Crippen LogP contribution < -0.4 is 5.32 Å². The number of hydrogen-bond acceptors (Lipinski definition) is 4. The zero-order chi connectivity index (χ0) is 23.1. The summed E-state index contributed by atoms with van der Waals surface area (Å²) in [6, 6.07) is 15.1. The summed E-state index contributed by atoms with van der Waals surface area (Å²) in [5, 5.41) is 2.79. The van der Waals surface area contributed by atoms with E-state index in [0.29, 0.717) is 30.9 Å². The number of hydrogen-bond donors (Lipinski definition) is 1. The fourth-order valence-electron chi connectivity index (χ4n) is 3.40. The normalized spacial score (nSPS) is 12.3. The molecule has 0 aliphatic heterocycles. The Morgan fingerprint density at radius 1 is 1.03 bits per heavy atom. The number of rotatable bonds is 10. The zero-order valence-electron chi connectivity index (χ0n) is 19.3. The van der Waals surface area contributed by atoms with Gasteiger partial charge < -0.3 is 9.73 Å². The Morgan fingerprint density at radius 3 is 2.31 bits per heavy atom. The summed E-state index contributed by atoms with van der Waals surface area (Å²) in [5.74, 6) is 0.400. The van der Waals surface area contributed by atoms with Gasteiger partial charge in [-0.15, -0.1) is 0 Å². The molecule has 0 fully saturated rings. The van der Waals surface area contributed by atoms with E-state index in [1.165, 1.54) is 29.5 Å². The number of nitrogens with zero attached hydrogens (tertiary/aromatic N) is 2. The number of nitrogens with one attached hydrogen (secondary N) is 1. The lowest BCUT2D eigenvalue weighted by Crippen LogP contribution is -2.32. The van der Waals surface area contributed by atoms with Gasteiger partial charge in [0.1, 0.15) is 12.1 Å². The Kier molecular flexibility index (Phi) is 8.17. The lowest BCUT2D eigenvalue weighted by atomic mass is 10.0. The first-order valence-corrected chi connectivity index (χ1v) is 11.2. The van der Waals surface area contributed by atoms with Crippen molar-refractivity contribution in [2.24, 2.45) is 0 Å². The first kappa shape index (κ1) is 23.7. The highest BCUT2D eigenvalue weighted by molar-refractivity contribution is 5.91. The van der Waals surface area contributed by atoms with Crippen molar-refractivity contribution in [1.29, 1.82) is 0 Å². The van der Waals surface area contributed by atoms with Crippen LogP contribution in [0.2, 0.25) is 0 Å². The second kappa shape index (κ2) is 11.0. The molecule has 1 N–H and O–H groups in total. The van der Waals surface area contributed by atoms with Crippen molar-refractivity contribution in [2.45, 2.75) is 65.7 Å². The van der Waals surface area contributed by atoms with Gasteiger partial charge in [-0.05, 0) is 48.1 Å². The van der Waals surface area contributed by atoms with Crippen LogP contribution in [0.5, 0.6) is 0 Å². The van der Waals surface area contributed by atoms with Gasteiger partial charge in [0.25, 0.3) is 5.91 Å². The summed E-state index contributed by atoms with van der Waals surface area (Å²) >= 11 is 0. The zero-order valence-corrected chi connectivity index (χ0v) is 19.3. The highest BCUT2D eigenvalue weighted by Crippen LogP contribution is 2.19. The number of halogens is 1. The molecule has 1 heterocycles. The SMILES string of the molecule is CCC(C)N(Cc1ccc(C(C)C)cc1)Cc1nc(C(=O)NCc2ccc(F)cc2)co1. The van der Waals surface area contributed by atoms with Gasteiger partial charge in [-0.1, -0.05) is 57.2 Å². The van der Waals surface area contributed by atoms with Crippen LogP contribution >= 0.6 is 0 Å². The van der Waals surface area contributed by atoms with Gasteiger partial charge in [0.05, 0.1) is 6.54 Å². The van der Waals surface area contributed by atoms with E-state index in [9.17, 15) is 9.18 Å². The van der Waals surface area contributed by atoms with Crippen LogP contribution in [0.15, 0.2) is 59.2 Å². The summed E-state index contributed by atoms with van der Waals surface area (Å²) in [4.78, 5) is 19.1. The molecule has 3 rings (SSSR count). The molecule has 0 radical (unpaired) electrons. The van der Waals surface area contributed by atoms with Crippen molar-refractivity contribution in [2.75, 3.05) is 0 Å². The molecule has 0 bridgehead atoms. The van der Waals surface area contributed by atoms with E-state index in [-0.39, 0.29) is 17.4 Å². The van der Waals surface area contributed by atoms with Crippen LogP contribution in [0, 0.1) is 5.82 Å². The monoisotopic (exact) mass is 437 g/mol. The highest BCUT2D eigenvalue weighted by atomic mass is 19.1. The van der Waals surface area contributed by atoms with E-state index >= 15 is 0 Å². The molecule has 5 nitrogen and oxygen atoms in total. The van der Waals surface area contributed by atoms with Gasteiger partial charge in [-0.25, -0.2) is 9.37 Å². The first-order chi connectivity index (χ1) is 15.4. The van der Waals surface area contributed by atoms with Crippen LogP contribution in [0.4, 0.5) is 4.39 Å². The molecule has 1 amide bonds. The van der Waals surface area contributed by atoms with E-state index < -0.39 is 0 Å². The van der Waals surface area contributed by atoms with Gasteiger partial charge in [-0.2, -0.15) is 0 Å². The van der Waals surface area contributed by atoms with Crippen LogP contribution in [-0.4, -0.2) is 21.8 Å². The first-order valence-electron chi connectivity index (χ1n) is 11.2. The molecule has 1 unspecified atom stereocenters.